The first kappa shape index (κ1) is 15.3. The van der Waals surface area contributed by atoms with Crippen LogP contribution in [0.25, 0.3) is 49.3 Å². The molecule has 0 saturated heterocycles. The van der Waals surface area contributed by atoms with Crippen molar-refractivity contribution in [2.75, 3.05) is 0 Å². The number of hydrogen-bond donors (Lipinski definition) is 0. The maximum absolute atomic E-state index is 2.44. The van der Waals surface area contributed by atoms with Crippen molar-refractivity contribution in [3.8, 4) is 5.69 Å². The highest BCUT2D eigenvalue weighted by atomic mass is 127. The molecule has 0 N–H and O–H groups in total. The van der Waals surface area contributed by atoms with Crippen molar-refractivity contribution in [2.45, 2.75) is 0 Å². The molecule has 6 aromatic rings. The monoisotopic (exact) mass is 458 g/mol. The summed E-state index contributed by atoms with van der Waals surface area (Å²) in [7, 11) is 0. The molecule has 0 radical (unpaired) electrons. The Morgan fingerprint density at radius 2 is 1.04 bits per heavy atom. The van der Waals surface area contributed by atoms with Gasteiger partial charge in [0.25, 0.3) is 0 Å². The van der Waals surface area contributed by atoms with Gasteiger partial charge in [-0.3, -0.25) is 2.78 Å². The van der Waals surface area contributed by atoms with Crippen molar-refractivity contribution in [2.24, 2.45) is 0 Å². The predicted octanol–water partition coefficient (Wildman–Crippen LogP) is 7.09. The zero-order chi connectivity index (χ0) is 18.0. The van der Waals surface area contributed by atoms with Crippen molar-refractivity contribution >= 4 is 66.5 Å². The number of benzene rings is 4. The minimum atomic E-state index is 1.19. The van der Waals surface area contributed by atoms with Crippen molar-refractivity contribution in [1.82, 2.24) is 7.35 Å². The fourth-order valence-corrected chi connectivity index (χ4v) is 5.20. The lowest BCUT2D eigenvalue weighted by Gasteiger charge is -2.09. The zero-order valence-corrected chi connectivity index (χ0v) is 16.6. The molecule has 6 rings (SSSR count). The first-order valence-corrected chi connectivity index (χ1v) is 9.98. The molecular weight excluding hydrogens is 443 g/mol. The molecule has 0 unspecified atom stereocenters. The number of nitrogens with zero attached hydrogens (tertiary/aromatic N) is 2. The molecule has 3 heteroatoms. The SMILES string of the molecule is In1c2ccccc2c2ccc3c4ccccc4n(-c4ccccc4)c3c21. The van der Waals surface area contributed by atoms with E-state index < -0.39 is 0 Å². The minimum absolute atomic E-state index is 1.19. The maximum atomic E-state index is 2.44. The molecule has 0 saturated carbocycles. The lowest BCUT2D eigenvalue weighted by Crippen LogP contribution is -1.94. The number of hydrogen-bond acceptors (Lipinski definition) is 0. The molecule has 0 atom stereocenters. The standard InChI is InChI=1S/C24H15IN2/c25-27-22-13-7-5-11-18(22)20-15-14-19-17-10-4-6-12-21(17)26(23(19)24(20)27)16-8-2-1-3-9-16/h1-15H. The predicted molar refractivity (Wildman–Crippen MR) is 123 cm³/mol. The van der Waals surface area contributed by atoms with Crippen LogP contribution in [0.5, 0.6) is 0 Å². The topological polar surface area (TPSA) is 9.86 Å². The molecular formula is C24H15IN2. The van der Waals surface area contributed by atoms with Gasteiger partial charge in [-0.25, -0.2) is 0 Å². The fourth-order valence-electron chi connectivity index (χ4n) is 4.29. The average molecular weight is 458 g/mol. The summed E-state index contributed by atoms with van der Waals surface area (Å²) in [6, 6.07) is 32.5. The molecule has 4 aromatic carbocycles. The minimum Gasteiger partial charge on any atom is -0.307 e. The number of halogens is 1. The Morgan fingerprint density at radius 1 is 0.481 bits per heavy atom. The van der Waals surface area contributed by atoms with Gasteiger partial charge in [-0.15, -0.1) is 0 Å². The van der Waals surface area contributed by atoms with Gasteiger partial charge >= 0.3 is 0 Å². The van der Waals surface area contributed by atoms with Gasteiger partial charge in [0.1, 0.15) is 0 Å². The molecule has 0 amide bonds. The number of para-hydroxylation sites is 3. The summed E-state index contributed by atoms with van der Waals surface area (Å²) in [6.07, 6.45) is 0. The third kappa shape index (κ3) is 2.00. The molecule has 2 nitrogen and oxygen atoms in total. The van der Waals surface area contributed by atoms with E-state index in [9.17, 15) is 0 Å². The van der Waals surface area contributed by atoms with Crippen LogP contribution >= 0.6 is 22.9 Å². The van der Waals surface area contributed by atoms with Crippen LogP contribution in [0, 0.1) is 0 Å². The van der Waals surface area contributed by atoms with Crippen LogP contribution in [0.2, 0.25) is 0 Å². The largest absolute Gasteiger partial charge is 0.307 e. The van der Waals surface area contributed by atoms with Gasteiger partial charge in [-0.05, 0) is 24.3 Å². The highest BCUT2D eigenvalue weighted by Crippen LogP contribution is 2.40. The Hall–Kier alpha value is -2.79. The van der Waals surface area contributed by atoms with E-state index in [-0.39, 0.29) is 0 Å². The van der Waals surface area contributed by atoms with Gasteiger partial charge in [0, 0.05) is 27.2 Å². The Balaban J connectivity index is 1.96. The number of aromatic nitrogens is 2. The second-order valence-corrected chi connectivity index (χ2v) is 7.81. The van der Waals surface area contributed by atoms with Gasteiger partial charge in [0.15, 0.2) is 0 Å². The van der Waals surface area contributed by atoms with E-state index in [1.165, 1.54) is 49.3 Å². The lowest BCUT2D eigenvalue weighted by atomic mass is 10.1. The van der Waals surface area contributed by atoms with Crippen LogP contribution < -0.4 is 0 Å². The highest BCUT2D eigenvalue weighted by molar-refractivity contribution is 14.1. The smallest absolute Gasteiger partial charge is 0.0837 e. The average Bonchev–Trinajstić information content (AvgIpc) is 3.22. The normalized spacial score (nSPS) is 11.9. The molecule has 0 aliphatic rings. The Morgan fingerprint density at radius 3 is 1.78 bits per heavy atom. The molecule has 0 aliphatic heterocycles. The third-order valence-corrected chi connectivity index (χ3v) is 6.43. The maximum Gasteiger partial charge on any atom is 0.0837 e. The summed E-state index contributed by atoms with van der Waals surface area (Å²) < 4.78 is 4.71. The summed E-state index contributed by atoms with van der Waals surface area (Å²) >= 11 is 2.44. The number of fused-ring (bicyclic) bond motifs is 7. The van der Waals surface area contributed by atoms with Gasteiger partial charge in [-0.2, -0.15) is 0 Å². The Labute approximate surface area is 170 Å². The lowest BCUT2D eigenvalue weighted by molar-refractivity contribution is 1.18. The second kappa shape index (κ2) is 5.60. The van der Waals surface area contributed by atoms with E-state index in [0.717, 1.165) is 0 Å². The molecule has 2 heterocycles. The Kier molecular flexibility index (Phi) is 3.17. The molecule has 0 fully saturated rings. The van der Waals surface area contributed by atoms with Crippen LogP contribution in [0.1, 0.15) is 0 Å². The Bertz CT molecular complexity index is 1470. The van der Waals surface area contributed by atoms with E-state index in [4.69, 9.17) is 0 Å². The van der Waals surface area contributed by atoms with Crippen LogP contribution in [0.4, 0.5) is 0 Å². The van der Waals surface area contributed by atoms with Gasteiger partial charge in [0.05, 0.1) is 44.9 Å². The molecule has 0 spiro atoms. The highest BCUT2D eigenvalue weighted by Gasteiger charge is 2.18. The van der Waals surface area contributed by atoms with Crippen LogP contribution in [0.3, 0.4) is 0 Å². The van der Waals surface area contributed by atoms with E-state index in [1.54, 1.807) is 0 Å². The molecule has 128 valence electrons. The molecule has 0 aliphatic carbocycles. The first-order valence-electron chi connectivity index (χ1n) is 9.01. The van der Waals surface area contributed by atoms with Crippen molar-refractivity contribution in [1.29, 1.82) is 0 Å². The molecule has 0 bridgehead atoms. The van der Waals surface area contributed by atoms with Crippen molar-refractivity contribution in [3.63, 3.8) is 0 Å². The van der Waals surface area contributed by atoms with Gasteiger partial charge < -0.3 is 4.57 Å². The summed E-state index contributed by atoms with van der Waals surface area (Å²) in [5.41, 5.74) is 6.23. The quantitative estimate of drug-likeness (QED) is 0.233. The zero-order valence-electron chi connectivity index (χ0n) is 14.4. The molecule has 27 heavy (non-hydrogen) atoms. The summed E-state index contributed by atoms with van der Waals surface area (Å²) in [5, 5.41) is 5.18. The fraction of sp³-hybridized carbons (Fsp3) is 0. The summed E-state index contributed by atoms with van der Waals surface area (Å²) in [6.45, 7) is 0. The van der Waals surface area contributed by atoms with Gasteiger partial charge in [0.2, 0.25) is 0 Å². The van der Waals surface area contributed by atoms with E-state index in [1.807, 2.05) is 0 Å². The van der Waals surface area contributed by atoms with Crippen LogP contribution in [-0.4, -0.2) is 7.35 Å². The second-order valence-electron chi connectivity index (χ2n) is 6.84. The summed E-state index contributed by atoms with van der Waals surface area (Å²) in [4.78, 5) is 0. The van der Waals surface area contributed by atoms with Crippen molar-refractivity contribution < 1.29 is 0 Å². The van der Waals surface area contributed by atoms with Gasteiger partial charge in [-0.1, -0.05) is 66.7 Å². The third-order valence-electron chi connectivity index (χ3n) is 5.43. The summed E-state index contributed by atoms with van der Waals surface area (Å²) in [5.74, 6) is 0. The number of rotatable bonds is 1. The molecule has 2 aromatic heterocycles. The first-order chi connectivity index (χ1) is 13.3. The van der Waals surface area contributed by atoms with Crippen LogP contribution in [-0.2, 0) is 0 Å². The van der Waals surface area contributed by atoms with Crippen LogP contribution in [0.15, 0.2) is 91.0 Å². The van der Waals surface area contributed by atoms with Crippen molar-refractivity contribution in [3.05, 3.63) is 91.0 Å². The van der Waals surface area contributed by atoms with E-state index >= 15 is 0 Å². The van der Waals surface area contributed by atoms with E-state index in [0.29, 0.717) is 0 Å². The van der Waals surface area contributed by atoms with E-state index in [2.05, 4.69) is 121 Å².